The summed E-state index contributed by atoms with van der Waals surface area (Å²) < 4.78 is 0. The highest BCUT2D eigenvalue weighted by Gasteiger charge is 2.30. The molecule has 2 unspecified atom stereocenters. The molecule has 1 saturated carbocycles. The van der Waals surface area contributed by atoms with E-state index in [1.54, 1.807) is 0 Å². The van der Waals surface area contributed by atoms with E-state index < -0.39 is 29.9 Å². The van der Waals surface area contributed by atoms with Crippen LogP contribution >= 0.6 is 0 Å². The maximum absolute atomic E-state index is 11.5. The highest BCUT2D eigenvalue weighted by molar-refractivity contribution is 5.83. The van der Waals surface area contributed by atoms with E-state index in [2.05, 4.69) is 10.6 Å². The third kappa shape index (κ3) is 4.60. The number of carbonyl (C=O) groups excluding carboxylic acids is 2. The lowest BCUT2D eigenvalue weighted by atomic mass is 9.95. The molecule has 0 spiro atoms. The van der Waals surface area contributed by atoms with Gasteiger partial charge in [-0.05, 0) is 12.8 Å². The molecular weight excluding hydrogens is 238 g/mol. The van der Waals surface area contributed by atoms with Gasteiger partial charge in [-0.2, -0.15) is 0 Å². The minimum Gasteiger partial charge on any atom is -0.481 e. The third-order valence-corrected chi connectivity index (χ3v) is 3.07. The third-order valence-electron chi connectivity index (χ3n) is 3.07. The van der Waals surface area contributed by atoms with Crippen molar-refractivity contribution in [1.29, 1.82) is 0 Å². The van der Waals surface area contributed by atoms with E-state index in [1.165, 1.54) is 0 Å². The molecule has 1 aliphatic rings. The number of primary amides is 1. The number of carboxylic acid groups (broad SMARTS) is 1. The number of nitrogens with one attached hydrogen (secondary N) is 2. The molecule has 7 nitrogen and oxygen atoms in total. The molecule has 0 saturated heterocycles. The topological polar surface area (TPSA) is 122 Å². The zero-order valence-corrected chi connectivity index (χ0v) is 10.1. The average Bonchev–Trinajstić information content (AvgIpc) is 2.51. The molecule has 0 aromatic heterocycles. The standard InChI is InChI=1S/C11H19N3O4/c12-9(15)6-13-11(18)14-8-5-3-1-2-4-7(8)10(16)17/h7-8H,1-6H2,(H2,12,15)(H,16,17)(H2,13,14,18). The van der Waals surface area contributed by atoms with E-state index in [4.69, 9.17) is 10.8 Å². The molecule has 102 valence electrons. The van der Waals surface area contributed by atoms with Crippen LogP contribution in [-0.4, -0.2) is 35.6 Å². The molecule has 0 radical (unpaired) electrons. The predicted molar refractivity (Wildman–Crippen MR) is 63.7 cm³/mol. The van der Waals surface area contributed by atoms with Gasteiger partial charge in [0.15, 0.2) is 0 Å². The Morgan fingerprint density at radius 1 is 1.17 bits per heavy atom. The van der Waals surface area contributed by atoms with Crippen LogP contribution in [0.1, 0.15) is 32.1 Å². The Morgan fingerprint density at radius 2 is 1.83 bits per heavy atom. The zero-order chi connectivity index (χ0) is 13.5. The molecule has 5 N–H and O–H groups in total. The van der Waals surface area contributed by atoms with Crippen LogP contribution < -0.4 is 16.4 Å². The van der Waals surface area contributed by atoms with Gasteiger partial charge in [-0.25, -0.2) is 4.79 Å². The van der Waals surface area contributed by atoms with Crippen LogP contribution in [0.3, 0.4) is 0 Å². The van der Waals surface area contributed by atoms with Crippen LogP contribution in [0.15, 0.2) is 0 Å². The first kappa shape index (κ1) is 14.3. The van der Waals surface area contributed by atoms with Gasteiger partial charge in [-0.15, -0.1) is 0 Å². The second kappa shape index (κ2) is 6.83. The molecule has 0 bridgehead atoms. The van der Waals surface area contributed by atoms with Crippen LogP contribution in [0, 0.1) is 5.92 Å². The van der Waals surface area contributed by atoms with Crippen LogP contribution in [0.5, 0.6) is 0 Å². The van der Waals surface area contributed by atoms with Crippen molar-refractivity contribution in [3.8, 4) is 0 Å². The van der Waals surface area contributed by atoms with E-state index in [-0.39, 0.29) is 6.54 Å². The van der Waals surface area contributed by atoms with Crippen molar-refractivity contribution in [2.75, 3.05) is 6.54 Å². The number of nitrogens with two attached hydrogens (primary N) is 1. The van der Waals surface area contributed by atoms with Gasteiger partial charge >= 0.3 is 12.0 Å². The second-order valence-electron chi connectivity index (χ2n) is 4.48. The monoisotopic (exact) mass is 257 g/mol. The molecule has 0 aromatic rings. The summed E-state index contributed by atoms with van der Waals surface area (Å²) in [5, 5.41) is 14.0. The fraction of sp³-hybridized carbons (Fsp3) is 0.727. The number of aliphatic carboxylic acids is 1. The Bertz CT molecular complexity index is 332. The minimum atomic E-state index is -0.892. The number of carbonyl (C=O) groups is 3. The highest BCUT2D eigenvalue weighted by atomic mass is 16.4. The van der Waals surface area contributed by atoms with Crippen LogP contribution in [0.4, 0.5) is 4.79 Å². The number of urea groups is 1. The van der Waals surface area contributed by atoms with Crippen molar-refractivity contribution in [2.45, 2.75) is 38.1 Å². The van der Waals surface area contributed by atoms with Crippen LogP contribution in [0.2, 0.25) is 0 Å². The van der Waals surface area contributed by atoms with Crippen molar-refractivity contribution in [3.05, 3.63) is 0 Å². The first-order chi connectivity index (χ1) is 8.50. The first-order valence-corrected chi connectivity index (χ1v) is 6.06. The summed E-state index contributed by atoms with van der Waals surface area (Å²) in [4.78, 5) is 33.1. The van der Waals surface area contributed by atoms with Crippen LogP contribution in [0.25, 0.3) is 0 Å². The molecule has 0 aromatic carbocycles. The molecule has 1 rings (SSSR count). The molecule has 18 heavy (non-hydrogen) atoms. The first-order valence-electron chi connectivity index (χ1n) is 6.06. The van der Waals surface area contributed by atoms with Crippen LogP contribution in [-0.2, 0) is 9.59 Å². The van der Waals surface area contributed by atoms with E-state index in [0.717, 1.165) is 19.3 Å². The van der Waals surface area contributed by atoms with Crippen molar-refractivity contribution in [1.82, 2.24) is 10.6 Å². The molecule has 1 aliphatic carbocycles. The molecule has 0 aliphatic heterocycles. The Hall–Kier alpha value is -1.79. The van der Waals surface area contributed by atoms with Crippen molar-refractivity contribution >= 4 is 17.9 Å². The Morgan fingerprint density at radius 3 is 2.44 bits per heavy atom. The van der Waals surface area contributed by atoms with Gasteiger partial charge in [-0.3, -0.25) is 9.59 Å². The predicted octanol–water partition coefficient (Wildman–Crippen LogP) is -0.196. The summed E-state index contributed by atoms with van der Waals surface area (Å²) in [5.41, 5.74) is 4.90. The van der Waals surface area contributed by atoms with Crippen molar-refractivity contribution < 1.29 is 19.5 Å². The summed E-state index contributed by atoms with van der Waals surface area (Å²) in [6.07, 6.45) is 3.94. The SMILES string of the molecule is NC(=O)CNC(=O)NC1CCCCCC1C(=O)O. The number of amides is 3. The van der Waals surface area contributed by atoms with Gasteiger partial charge in [0.1, 0.15) is 0 Å². The van der Waals surface area contributed by atoms with Gasteiger partial charge in [-0.1, -0.05) is 19.3 Å². The summed E-state index contributed by atoms with van der Waals surface area (Å²) in [5.74, 6) is -2.09. The smallest absolute Gasteiger partial charge is 0.315 e. The van der Waals surface area contributed by atoms with Crippen molar-refractivity contribution in [2.24, 2.45) is 11.7 Å². The maximum atomic E-state index is 11.5. The molecule has 3 amide bonds. The van der Waals surface area contributed by atoms with Crippen molar-refractivity contribution in [3.63, 3.8) is 0 Å². The van der Waals surface area contributed by atoms with E-state index in [0.29, 0.717) is 12.8 Å². The second-order valence-corrected chi connectivity index (χ2v) is 4.48. The fourth-order valence-corrected chi connectivity index (χ4v) is 2.16. The largest absolute Gasteiger partial charge is 0.481 e. The Balaban J connectivity index is 2.52. The molecule has 1 fully saturated rings. The molecule has 2 atom stereocenters. The quantitative estimate of drug-likeness (QED) is 0.521. The molecular formula is C11H19N3O4. The van der Waals surface area contributed by atoms with E-state index >= 15 is 0 Å². The van der Waals surface area contributed by atoms with E-state index in [9.17, 15) is 14.4 Å². The lowest BCUT2D eigenvalue weighted by molar-refractivity contribution is -0.142. The van der Waals surface area contributed by atoms with Gasteiger partial charge < -0.3 is 21.5 Å². The molecule has 0 heterocycles. The lowest BCUT2D eigenvalue weighted by Gasteiger charge is -2.22. The summed E-state index contributed by atoms with van der Waals surface area (Å²) in [6, 6.07) is -0.940. The lowest BCUT2D eigenvalue weighted by Crippen LogP contribution is -2.48. The van der Waals surface area contributed by atoms with Gasteiger partial charge in [0, 0.05) is 6.04 Å². The minimum absolute atomic E-state index is 0.254. The summed E-state index contributed by atoms with van der Waals surface area (Å²) in [7, 11) is 0. The average molecular weight is 257 g/mol. The maximum Gasteiger partial charge on any atom is 0.315 e. The number of rotatable bonds is 4. The molecule has 7 heteroatoms. The fourth-order valence-electron chi connectivity index (χ4n) is 2.16. The Labute approximate surface area is 105 Å². The normalized spacial score (nSPS) is 23.8. The Kier molecular flexibility index (Phi) is 5.41. The van der Waals surface area contributed by atoms with E-state index in [1.807, 2.05) is 0 Å². The highest BCUT2D eigenvalue weighted by Crippen LogP contribution is 2.23. The summed E-state index contributed by atoms with van der Waals surface area (Å²) in [6.45, 7) is -0.254. The number of hydrogen-bond acceptors (Lipinski definition) is 3. The van der Waals surface area contributed by atoms with Gasteiger partial charge in [0.25, 0.3) is 0 Å². The number of carboxylic acids is 1. The summed E-state index contributed by atoms with van der Waals surface area (Å²) >= 11 is 0. The van der Waals surface area contributed by atoms with Gasteiger partial charge in [0.2, 0.25) is 5.91 Å². The van der Waals surface area contributed by atoms with Gasteiger partial charge in [0.05, 0.1) is 12.5 Å². The zero-order valence-electron chi connectivity index (χ0n) is 10.1. The number of hydrogen-bond donors (Lipinski definition) is 4.